The third-order valence-electron chi connectivity index (χ3n) is 3.88. The van der Waals surface area contributed by atoms with Crippen molar-refractivity contribution >= 4 is 5.78 Å². The standard InChI is InChI=1S/C15H18O2/c1-11-12(2)15(17-3,10-9-14(11)16)13-7-5-4-6-8-13/h4-8H,9-10H2,1-3H3. The van der Waals surface area contributed by atoms with Crippen molar-refractivity contribution in [2.45, 2.75) is 32.3 Å². The monoisotopic (exact) mass is 230 g/mol. The molecule has 0 fully saturated rings. The van der Waals surface area contributed by atoms with Crippen LogP contribution < -0.4 is 0 Å². The zero-order valence-electron chi connectivity index (χ0n) is 10.6. The Bertz CT molecular complexity index is 459. The fraction of sp³-hybridized carbons (Fsp3) is 0.400. The molecule has 17 heavy (non-hydrogen) atoms. The summed E-state index contributed by atoms with van der Waals surface area (Å²) in [5, 5.41) is 0. The highest BCUT2D eigenvalue weighted by molar-refractivity contribution is 5.97. The molecule has 1 aliphatic carbocycles. The summed E-state index contributed by atoms with van der Waals surface area (Å²) < 4.78 is 5.79. The smallest absolute Gasteiger partial charge is 0.158 e. The molecule has 0 aromatic heterocycles. The van der Waals surface area contributed by atoms with Gasteiger partial charge in [-0.3, -0.25) is 4.79 Å². The Hall–Kier alpha value is -1.41. The van der Waals surface area contributed by atoms with Crippen LogP contribution >= 0.6 is 0 Å². The molecule has 0 N–H and O–H groups in total. The first-order valence-corrected chi connectivity index (χ1v) is 5.93. The van der Waals surface area contributed by atoms with Crippen molar-refractivity contribution in [3.63, 3.8) is 0 Å². The summed E-state index contributed by atoms with van der Waals surface area (Å²) in [4.78, 5) is 11.7. The zero-order chi connectivity index (χ0) is 12.5. The maximum Gasteiger partial charge on any atom is 0.158 e. The number of Topliss-reactive ketones (excluding diaryl/α,β-unsaturated/α-hetero) is 1. The van der Waals surface area contributed by atoms with Crippen LogP contribution in [-0.4, -0.2) is 12.9 Å². The van der Waals surface area contributed by atoms with Crippen molar-refractivity contribution in [2.75, 3.05) is 7.11 Å². The third-order valence-corrected chi connectivity index (χ3v) is 3.88. The highest BCUT2D eigenvalue weighted by Crippen LogP contribution is 2.42. The van der Waals surface area contributed by atoms with E-state index in [0.717, 1.165) is 23.1 Å². The van der Waals surface area contributed by atoms with Gasteiger partial charge in [0.05, 0.1) is 0 Å². The molecule has 0 radical (unpaired) electrons. The normalized spacial score (nSPS) is 25.2. The molecule has 0 aliphatic heterocycles. The van der Waals surface area contributed by atoms with E-state index in [4.69, 9.17) is 4.74 Å². The largest absolute Gasteiger partial charge is 0.369 e. The molecule has 0 saturated carbocycles. The Morgan fingerprint density at radius 2 is 1.82 bits per heavy atom. The first-order valence-electron chi connectivity index (χ1n) is 5.93. The number of ketones is 1. The molecule has 1 atom stereocenters. The van der Waals surface area contributed by atoms with Crippen LogP contribution in [0.4, 0.5) is 0 Å². The van der Waals surface area contributed by atoms with Crippen LogP contribution in [0.3, 0.4) is 0 Å². The summed E-state index contributed by atoms with van der Waals surface area (Å²) in [5.74, 6) is 0.242. The topological polar surface area (TPSA) is 26.3 Å². The second-order valence-electron chi connectivity index (χ2n) is 4.57. The fourth-order valence-electron chi connectivity index (χ4n) is 2.62. The van der Waals surface area contributed by atoms with E-state index < -0.39 is 5.60 Å². The van der Waals surface area contributed by atoms with E-state index in [1.54, 1.807) is 7.11 Å². The number of carbonyl (C=O) groups is 1. The van der Waals surface area contributed by atoms with Crippen LogP contribution in [0.25, 0.3) is 0 Å². The third kappa shape index (κ3) is 1.83. The lowest BCUT2D eigenvalue weighted by molar-refractivity contribution is -0.118. The molecule has 90 valence electrons. The Balaban J connectivity index is 2.57. The minimum absolute atomic E-state index is 0.242. The predicted molar refractivity (Wildman–Crippen MR) is 67.7 cm³/mol. The van der Waals surface area contributed by atoms with Crippen molar-refractivity contribution in [1.29, 1.82) is 0 Å². The lowest BCUT2D eigenvalue weighted by Crippen LogP contribution is -2.35. The zero-order valence-corrected chi connectivity index (χ0v) is 10.6. The number of rotatable bonds is 2. The van der Waals surface area contributed by atoms with Crippen molar-refractivity contribution in [1.82, 2.24) is 0 Å². The average molecular weight is 230 g/mol. The van der Waals surface area contributed by atoms with Crippen LogP contribution in [-0.2, 0) is 15.1 Å². The molecule has 2 heteroatoms. The summed E-state index contributed by atoms with van der Waals surface area (Å²) in [6.45, 7) is 3.90. The van der Waals surface area contributed by atoms with Crippen molar-refractivity contribution in [2.24, 2.45) is 0 Å². The number of benzene rings is 1. The number of hydrogen-bond donors (Lipinski definition) is 0. The van der Waals surface area contributed by atoms with Gasteiger partial charge >= 0.3 is 0 Å². The molecule has 2 nitrogen and oxygen atoms in total. The van der Waals surface area contributed by atoms with Crippen LogP contribution in [0.5, 0.6) is 0 Å². The van der Waals surface area contributed by atoms with Crippen LogP contribution in [0.15, 0.2) is 41.5 Å². The van der Waals surface area contributed by atoms with E-state index in [9.17, 15) is 4.79 Å². The molecule has 0 bridgehead atoms. The molecular weight excluding hydrogens is 212 g/mol. The van der Waals surface area contributed by atoms with Gasteiger partial charge in [-0.15, -0.1) is 0 Å². The Kier molecular flexibility index (Phi) is 3.16. The molecule has 1 aromatic carbocycles. The summed E-state index contributed by atoms with van der Waals surface area (Å²) in [6, 6.07) is 10.1. The lowest BCUT2D eigenvalue weighted by Gasteiger charge is -2.38. The molecule has 1 aromatic rings. The van der Waals surface area contributed by atoms with Crippen LogP contribution in [0.1, 0.15) is 32.3 Å². The summed E-state index contributed by atoms with van der Waals surface area (Å²) in [6.07, 6.45) is 1.29. The second-order valence-corrected chi connectivity index (χ2v) is 4.57. The maximum atomic E-state index is 11.7. The number of allylic oxidation sites excluding steroid dienone is 1. The van der Waals surface area contributed by atoms with Crippen molar-refractivity contribution in [3.05, 3.63) is 47.0 Å². The Labute approximate surface area is 102 Å². The second kappa shape index (κ2) is 4.46. The van der Waals surface area contributed by atoms with Gasteiger partial charge < -0.3 is 4.74 Å². The number of methoxy groups -OCH3 is 1. The highest BCUT2D eigenvalue weighted by atomic mass is 16.5. The minimum Gasteiger partial charge on any atom is -0.369 e. The van der Waals surface area contributed by atoms with Crippen LogP contribution in [0.2, 0.25) is 0 Å². The Morgan fingerprint density at radius 1 is 1.18 bits per heavy atom. The van der Waals surface area contributed by atoms with Gasteiger partial charge in [0.15, 0.2) is 5.78 Å². The van der Waals surface area contributed by atoms with Gasteiger partial charge in [0.1, 0.15) is 5.60 Å². The average Bonchev–Trinajstić information content (AvgIpc) is 2.38. The van der Waals surface area contributed by atoms with Crippen molar-refractivity contribution < 1.29 is 9.53 Å². The van der Waals surface area contributed by atoms with E-state index in [1.807, 2.05) is 32.0 Å². The molecule has 2 rings (SSSR count). The van der Waals surface area contributed by atoms with E-state index in [1.165, 1.54) is 0 Å². The summed E-state index contributed by atoms with van der Waals surface area (Å²) >= 11 is 0. The first kappa shape index (κ1) is 12.1. The van der Waals surface area contributed by atoms with Gasteiger partial charge in [0, 0.05) is 13.5 Å². The SMILES string of the molecule is COC1(c2ccccc2)CCC(=O)C(C)=C1C. The van der Waals surface area contributed by atoms with E-state index in [-0.39, 0.29) is 5.78 Å². The van der Waals surface area contributed by atoms with Crippen LogP contribution in [0, 0.1) is 0 Å². The molecule has 1 unspecified atom stereocenters. The quantitative estimate of drug-likeness (QED) is 0.779. The first-order chi connectivity index (χ1) is 8.12. The number of hydrogen-bond acceptors (Lipinski definition) is 2. The van der Waals surface area contributed by atoms with Gasteiger partial charge in [0.25, 0.3) is 0 Å². The number of ether oxygens (including phenoxy) is 1. The predicted octanol–water partition coefficient (Wildman–Crippen LogP) is 3.23. The molecule has 0 amide bonds. The molecule has 1 aliphatic rings. The number of carbonyl (C=O) groups excluding carboxylic acids is 1. The van der Waals surface area contributed by atoms with Gasteiger partial charge in [0.2, 0.25) is 0 Å². The van der Waals surface area contributed by atoms with E-state index in [0.29, 0.717) is 6.42 Å². The maximum absolute atomic E-state index is 11.7. The minimum atomic E-state index is -0.417. The molecular formula is C15H18O2. The van der Waals surface area contributed by atoms with Gasteiger partial charge in [-0.1, -0.05) is 30.3 Å². The highest BCUT2D eigenvalue weighted by Gasteiger charge is 2.39. The van der Waals surface area contributed by atoms with Gasteiger partial charge in [-0.2, -0.15) is 0 Å². The van der Waals surface area contributed by atoms with E-state index in [2.05, 4.69) is 12.1 Å². The lowest BCUT2D eigenvalue weighted by atomic mass is 9.75. The fourth-order valence-corrected chi connectivity index (χ4v) is 2.62. The molecule has 0 saturated heterocycles. The molecule has 0 spiro atoms. The Morgan fingerprint density at radius 3 is 2.41 bits per heavy atom. The van der Waals surface area contributed by atoms with Crippen molar-refractivity contribution in [3.8, 4) is 0 Å². The van der Waals surface area contributed by atoms with Gasteiger partial charge in [-0.05, 0) is 37.0 Å². The summed E-state index contributed by atoms with van der Waals surface area (Å²) in [7, 11) is 1.72. The molecule has 0 heterocycles. The van der Waals surface area contributed by atoms with E-state index >= 15 is 0 Å². The van der Waals surface area contributed by atoms with Gasteiger partial charge in [-0.25, -0.2) is 0 Å². The summed E-state index contributed by atoms with van der Waals surface area (Å²) in [5.41, 5.74) is 2.61.